The van der Waals surface area contributed by atoms with E-state index < -0.39 is 18.0 Å². The minimum absolute atomic E-state index is 0.0672. The van der Waals surface area contributed by atoms with Crippen molar-refractivity contribution in [3.8, 4) is 0 Å². The van der Waals surface area contributed by atoms with Crippen LogP contribution in [0.5, 0.6) is 0 Å². The second kappa shape index (κ2) is 5.89. The van der Waals surface area contributed by atoms with Crippen LogP contribution in [0, 0.1) is 0 Å². The number of rotatable bonds is 4. The lowest BCUT2D eigenvalue weighted by molar-refractivity contribution is -0.175. The molecule has 0 spiro atoms. The van der Waals surface area contributed by atoms with Crippen molar-refractivity contribution in [3.05, 3.63) is 12.3 Å². The molecule has 88 valence electrons. The number of carbonyl (C=O) groups is 3. The predicted molar refractivity (Wildman–Crippen MR) is 52.7 cm³/mol. The summed E-state index contributed by atoms with van der Waals surface area (Å²) in [6.45, 7) is 1.98. The average Bonchev–Trinajstić information content (AvgIpc) is 2.56. The molecule has 6 heteroatoms. The summed E-state index contributed by atoms with van der Waals surface area (Å²) < 4.78 is 4.51. The van der Waals surface area contributed by atoms with Gasteiger partial charge in [-0.15, -0.1) is 0 Å². The Balaban J connectivity index is 2.34. The van der Waals surface area contributed by atoms with Crippen molar-refractivity contribution < 1.29 is 24.0 Å². The van der Waals surface area contributed by atoms with Gasteiger partial charge in [0.15, 0.2) is 0 Å². The first-order valence-corrected chi connectivity index (χ1v) is 5.04. The van der Waals surface area contributed by atoms with Gasteiger partial charge in [-0.3, -0.25) is 14.4 Å². The standard InChI is InChI=1S/C10H13NO5/c1-2-3-4-7-15-10(14)16-11-8(12)5-6-9(11)13/h4,7H,2-3,5-6H2,1H3. The molecule has 2 amide bonds. The van der Waals surface area contributed by atoms with Gasteiger partial charge in [0, 0.05) is 12.8 Å². The van der Waals surface area contributed by atoms with Crippen LogP contribution in [0.2, 0.25) is 0 Å². The molecule has 6 nitrogen and oxygen atoms in total. The van der Waals surface area contributed by atoms with E-state index in [-0.39, 0.29) is 12.8 Å². The lowest BCUT2D eigenvalue weighted by atomic mass is 10.3. The maximum absolute atomic E-state index is 11.1. The third kappa shape index (κ3) is 3.38. The van der Waals surface area contributed by atoms with Crippen molar-refractivity contribution in [1.29, 1.82) is 0 Å². The molecule has 1 rings (SSSR count). The Kier molecular flexibility index (Phi) is 4.50. The molecular weight excluding hydrogens is 214 g/mol. The second-order valence-corrected chi connectivity index (χ2v) is 3.20. The summed E-state index contributed by atoms with van der Waals surface area (Å²) in [6.07, 6.45) is 3.57. The van der Waals surface area contributed by atoms with Gasteiger partial charge >= 0.3 is 6.16 Å². The highest BCUT2D eigenvalue weighted by Gasteiger charge is 2.33. The molecule has 0 aliphatic carbocycles. The molecule has 1 saturated heterocycles. The SMILES string of the molecule is CCCC=COC(=O)ON1C(=O)CCC1=O. The molecule has 16 heavy (non-hydrogen) atoms. The zero-order valence-electron chi connectivity index (χ0n) is 8.97. The molecule has 1 fully saturated rings. The van der Waals surface area contributed by atoms with Gasteiger partial charge < -0.3 is 4.74 Å². The quantitative estimate of drug-likeness (QED) is 0.413. The highest BCUT2D eigenvalue weighted by Crippen LogP contribution is 2.12. The van der Waals surface area contributed by atoms with E-state index in [0.29, 0.717) is 5.06 Å². The minimum atomic E-state index is -1.09. The lowest BCUT2D eigenvalue weighted by Crippen LogP contribution is -2.31. The summed E-state index contributed by atoms with van der Waals surface area (Å²) in [5.74, 6) is -1.06. The number of amides is 2. The monoisotopic (exact) mass is 227 g/mol. The Morgan fingerprint density at radius 2 is 2.00 bits per heavy atom. The number of unbranched alkanes of at least 4 members (excludes halogenated alkanes) is 1. The van der Waals surface area contributed by atoms with Gasteiger partial charge in [0.2, 0.25) is 0 Å². The van der Waals surface area contributed by atoms with Crippen LogP contribution in [0.1, 0.15) is 32.6 Å². The van der Waals surface area contributed by atoms with Crippen LogP contribution < -0.4 is 0 Å². The fraction of sp³-hybridized carbons (Fsp3) is 0.500. The van der Waals surface area contributed by atoms with E-state index in [1.165, 1.54) is 6.26 Å². The van der Waals surface area contributed by atoms with E-state index in [4.69, 9.17) is 0 Å². The molecule has 0 N–H and O–H groups in total. The molecule has 0 saturated carbocycles. The lowest BCUT2D eigenvalue weighted by Gasteiger charge is -2.10. The molecule has 0 atom stereocenters. The first-order valence-electron chi connectivity index (χ1n) is 5.04. The number of hydrogen-bond donors (Lipinski definition) is 0. The summed E-state index contributed by atoms with van der Waals surface area (Å²) in [5.41, 5.74) is 0. The molecule has 1 aliphatic heterocycles. The number of imide groups is 1. The fourth-order valence-electron chi connectivity index (χ4n) is 1.09. The number of carbonyl (C=O) groups excluding carboxylic acids is 3. The van der Waals surface area contributed by atoms with Crippen molar-refractivity contribution in [2.24, 2.45) is 0 Å². The third-order valence-electron chi connectivity index (χ3n) is 1.89. The van der Waals surface area contributed by atoms with Gasteiger partial charge in [-0.25, -0.2) is 4.79 Å². The Hall–Kier alpha value is -1.85. The summed E-state index contributed by atoms with van der Waals surface area (Å²) in [5, 5.41) is 0.440. The summed E-state index contributed by atoms with van der Waals surface area (Å²) in [7, 11) is 0. The van der Waals surface area contributed by atoms with Crippen LogP contribution >= 0.6 is 0 Å². The second-order valence-electron chi connectivity index (χ2n) is 3.20. The topological polar surface area (TPSA) is 72.9 Å². The average molecular weight is 227 g/mol. The Bertz CT molecular complexity index is 307. The van der Waals surface area contributed by atoms with Crippen molar-refractivity contribution in [3.63, 3.8) is 0 Å². The molecule has 0 aromatic rings. The van der Waals surface area contributed by atoms with Crippen molar-refractivity contribution in [2.75, 3.05) is 0 Å². The summed E-state index contributed by atoms with van der Waals surface area (Å²) >= 11 is 0. The largest absolute Gasteiger partial charge is 0.538 e. The molecule has 0 radical (unpaired) electrons. The van der Waals surface area contributed by atoms with Crippen molar-refractivity contribution in [1.82, 2.24) is 5.06 Å². The Morgan fingerprint density at radius 1 is 1.38 bits per heavy atom. The van der Waals surface area contributed by atoms with Crippen LogP contribution in [0.15, 0.2) is 12.3 Å². The van der Waals surface area contributed by atoms with E-state index >= 15 is 0 Å². The zero-order valence-corrected chi connectivity index (χ0v) is 8.97. The molecule has 0 aromatic heterocycles. The van der Waals surface area contributed by atoms with Gasteiger partial charge in [0.25, 0.3) is 11.8 Å². The third-order valence-corrected chi connectivity index (χ3v) is 1.89. The Labute approximate surface area is 92.8 Å². The van der Waals surface area contributed by atoms with Gasteiger partial charge in [-0.2, -0.15) is 0 Å². The minimum Gasteiger partial charge on any atom is -0.402 e. The highest BCUT2D eigenvalue weighted by atomic mass is 16.8. The van der Waals surface area contributed by atoms with E-state index in [9.17, 15) is 14.4 Å². The summed E-state index contributed by atoms with van der Waals surface area (Å²) in [4.78, 5) is 37.6. The zero-order chi connectivity index (χ0) is 12.0. The van der Waals surface area contributed by atoms with E-state index in [2.05, 4.69) is 9.57 Å². The van der Waals surface area contributed by atoms with Gasteiger partial charge in [0.1, 0.15) is 0 Å². The molecule has 1 heterocycles. The molecule has 0 aromatic carbocycles. The molecule has 0 unspecified atom stereocenters. The highest BCUT2D eigenvalue weighted by molar-refractivity contribution is 6.01. The normalized spacial score (nSPS) is 15.9. The van der Waals surface area contributed by atoms with Crippen molar-refractivity contribution in [2.45, 2.75) is 32.6 Å². The van der Waals surface area contributed by atoms with Gasteiger partial charge in [-0.05, 0) is 12.5 Å². The van der Waals surface area contributed by atoms with Crippen LogP contribution in [-0.2, 0) is 19.2 Å². The van der Waals surface area contributed by atoms with E-state index in [1.54, 1.807) is 6.08 Å². The van der Waals surface area contributed by atoms with Crippen LogP contribution in [-0.4, -0.2) is 23.0 Å². The Morgan fingerprint density at radius 3 is 2.56 bits per heavy atom. The van der Waals surface area contributed by atoms with Gasteiger partial charge in [-0.1, -0.05) is 18.4 Å². The van der Waals surface area contributed by atoms with Crippen LogP contribution in [0.4, 0.5) is 4.79 Å². The molecular formula is C10H13NO5. The summed E-state index contributed by atoms with van der Waals surface area (Å²) in [6, 6.07) is 0. The van der Waals surface area contributed by atoms with E-state index in [1.807, 2.05) is 6.92 Å². The smallest absolute Gasteiger partial charge is 0.402 e. The molecule has 1 aliphatic rings. The predicted octanol–water partition coefficient (Wildman–Crippen LogP) is 1.52. The fourth-order valence-corrected chi connectivity index (χ4v) is 1.09. The van der Waals surface area contributed by atoms with E-state index in [0.717, 1.165) is 12.8 Å². The maximum Gasteiger partial charge on any atom is 0.538 e. The van der Waals surface area contributed by atoms with Crippen LogP contribution in [0.25, 0.3) is 0 Å². The van der Waals surface area contributed by atoms with Gasteiger partial charge in [0.05, 0.1) is 6.26 Å². The van der Waals surface area contributed by atoms with Crippen molar-refractivity contribution >= 4 is 18.0 Å². The number of hydrogen-bond acceptors (Lipinski definition) is 5. The molecule has 0 bridgehead atoms. The number of allylic oxidation sites excluding steroid dienone is 1. The first kappa shape index (κ1) is 12.2. The number of hydroxylamine groups is 2. The van der Waals surface area contributed by atoms with Crippen LogP contribution in [0.3, 0.4) is 0 Å². The first-order chi connectivity index (χ1) is 7.65. The maximum atomic E-state index is 11.1. The number of nitrogens with zero attached hydrogens (tertiary/aromatic N) is 1. The number of ether oxygens (including phenoxy) is 1.